The molecular formula is C11H8N2O3. The van der Waals surface area contributed by atoms with Crippen LogP contribution in [0.3, 0.4) is 0 Å². The Balaban J connectivity index is 2.84. The summed E-state index contributed by atoms with van der Waals surface area (Å²) in [5.74, 6) is -1.56. The summed E-state index contributed by atoms with van der Waals surface area (Å²) < 4.78 is 0. The van der Waals surface area contributed by atoms with E-state index < -0.39 is 11.9 Å². The number of benzene rings is 1. The van der Waals surface area contributed by atoms with Crippen LogP contribution in [0, 0.1) is 11.3 Å². The van der Waals surface area contributed by atoms with Crippen LogP contribution in [0.2, 0.25) is 0 Å². The average molecular weight is 216 g/mol. The molecule has 1 rings (SSSR count). The van der Waals surface area contributed by atoms with Crippen molar-refractivity contribution >= 4 is 11.9 Å². The molecule has 0 saturated carbocycles. The zero-order valence-electron chi connectivity index (χ0n) is 8.18. The highest BCUT2D eigenvalue weighted by Gasteiger charge is 2.07. The summed E-state index contributed by atoms with van der Waals surface area (Å²) in [6.07, 6.45) is 2.30. The Morgan fingerprint density at radius 1 is 1.38 bits per heavy atom. The van der Waals surface area contributed by atoms with Crippen molar-refractivity contribution in [2.24, 2.45) is 0 Å². The third-order valence-corrected chi connectivity index (χ3v) is 1.74. The van der Waals surface area contributed by atoms with Crippen LogP contribution in [0.1, 0.15) is 20.7 Å². The molecule has 0 spiro atoms. The first-order valence-corrected chi connectivity index (χ1v) is 4.34. The van der Waals surface area contributed by atoms with Gasteiger partial charge < -0.3 is 10.4 Å². The van der Waals surface area contributed by atoms with Crippen LogP contribution in [0.15, 0.2) is 36.5 Å². The van der Waals surface area contributed by atoms with E-state index in [9.17, 15) is 9.59 Å². The third-order valence-electron chi connectivity index (χ3n) is 1.74. The Kier molecular flexibility index (Phi) is 3.81. The van der Waals surface area contributed by atoms with E-state index in [1.54, 1.807) is 6.07 Å². The van der Waals surface area contributed by atoms with Crippen LogP contribution < -0.4 is 5.32 Å². The minimum absolute atomic E-state index is 0.0388. The first kappa shape index (κ1) is 11.5. The molecule has 1 aromatic carbocycles. The van der Waals surface area contributed by atoms with Crippen LogP contribution >= 0.6 is 0 Å². The van der Waals surface area contributed by atoms with Crippen LogP contribution in [0.5, 0.6) is 0 Å². The van der Waals surface area contributed by atoms with E-state index in [-0.39, 0.29) is 11.1 Å². The average Bonchev–Trinajstić information content (AvgIpc) is 2.29. The number of carboxylic acid groups (broad SMARTS) is 1. The minimum Gasteiger partial charge on any atom is -0.478 e. The predicted octanol–water partition coefficient (Wildman–Crippen LogP) is 1.15. The molecule has 5 nitrogen and oxygen atoms in total. The number of nitriles is 1. The molecule has 0 heterocycles. The van der Waals surface area contributed by atoms with E-state index in [1.807, 2.05) is 0 Å². The van der Waals surface area contributed by atoms with Crippen LogP contribution in [-0.4, -0.2) is 17.0 Å². The van der Waals surface area contributed by atoms with Gasteiger partial charge in [-0.25, -0.2) is 4.79 Å². The van der Waals surface area contributed by atoms with Gasteiger partial charge in [-0.3, -0.25) is 4.79 Å². The number of nitrogens with one attached hydrogen (secondary N) is 1. The largest absolute Gasteiger partial charge is 0.478 e. The molecule has 2 N–H and O–H groups in total. The predicted molar refractivity (Wildman–Crippen MR) is 55.6 cm³/mol. The van der Waals surface area contributed by atoms with Gasteiger partial charge in [0.05, 0.1) is 11.6 Å². The summed E-state index contributed by atoms with van der Waals surface area (Å²) in [7, 11) is 0. The highest BCUT2D eigenvalue weighted by atomic mass is 16.4. The molecule has 0 atom stereocenters. The number of aromatic carboxylic acids is 1. The van der Waals surface area contributed by atoms with E-state index in [0.29, 0.717) is 0 Å². The Morgan fingerprint density at radius 2 is 2.06 bits per heavy atom. The molecule has 1 aromatic rings. The number of carboxylic acids is 1. The fraction of sp³-hybridized carbons (Fsp3) is 0. The monoisotopic (exact) mass is 216 g/mol. The Bertz CT molecular complexity index is 486. The normalized spacial score (nSPS) is 9.69. The molecule has 0 radical (unpaired) electrons. The van der Waals surface area contributed by atoms with Gasteiger partial charge in [-0.15, -0.1) is 0 Å². The molecule has 0 aliphatic carbocycles. The van der Waals surface area contributed by atoms with E-state index in [0.717, 1.165) is 6.08 Å². The van der Waals surface area contributed by atoms with Gasteiger partial charge in [-0.2, -0.15) is 5.26 Å². The standard InChI is InChI=1S/C11H8N2O3/c12-5-2-6-13-10(14)8-3-1-4-9(7-8)11(15)16/h1-4,6-7H,(H,13,14)(H,15,16). The van der Waals surface area contributed by atoms with Crippen molar-refractivity contribution in [3.63, 3.8) is 0 Å². The molecule has 80 valence electrons. The van der Waals surface area contributed by atoms with Gasteiger partial charge >= 0.3 is 5.97 Å². The third kappa shape index (κ3) is 2.96. The summed E-state index contributed by atoms with van der Waals surface area (Å²) in [4.78, 5) is 22.1. The molecule has 0 saturated heterocycles. The van der Waals surface area contributed by atoms with E-state index >= 15 is 0 Å². The SMILES string of the molecule is N#CC=CNC(=O)c1cccc(C(=O)O)c1. The van der Waals surface area contributed by atoms with Crippen LogP contribution in [-0.2, 0) is 0 Å². The van der Waals surface area contributed by atoms with Gasteiger partial charge in [0.25, 0.3) is 5.91 Å². The number of nitrogens with zero attached hydrogens (tertiary/aromatic N) is 1. The maximum absolute atomic E-state index is 11.4. The lowest BCUT2D eigenvalue weighted by molar-refractivity contribution is 0.0697. The summed E-state index contributed by atoms with van der Waals surface area (Å²) in [5.41, 5.74) is 0.263. The van der Waals surface area contributed by atoms with E-state index in [2.05, 4.69) is 5.32 Å². The van der Waals surface area contributed by atoms with Crippen molar-refractivity contribution in [3.8, 4) is 6.07 Å². The fourth-order valence-electron chi connectivity index (χ4n) is 1.03. The fourth-order valence-corrected chi connectivity index (χ4v) is 1.03. The van der Waals surface area contributed by atoms with Gasteiger partial charge in [-0.1, -0.05) is 6.07 Å². The first-order valence-electron chi connectivity index (χ1n) is 4.34. The van der Waals surface area contributed by atoms with Crippen molar-refractivity contribution in [1.82, 2.24) is 5.32 Å². The topological polar surface area (TPSA) is 90.2 Å². The van der Waals surface area contributed by atoms with Gasteiger partial charge in [0.2, 0.25) is 0 Å². The maximum Gasteiger partial charge on any atom is 0.335 e. The molecule has 0 unspecified atom stereocenters. The summed E-state index contributed by atoms with van der Waals surface area (Å²) in [6.45, 7) is 0. The molecule has 5 heteroatoms. The zero-order valence-corrected chi connectivity index (χ0v) is 8.18. The number of amides is 1. The Hall–Kier alpha value is -2.61. The Morgan fingerprint density at radius 3 is 2.69 bits per heavy atom. The lowest BCUT2D eigenvalue weighted by atomic mass is 10.1. The molecule has 0 aliphatic heterocycles. The highest BCUT2D eigenvalue weighted by molar-refractivity contribution is 5.97. The second-order valence-electron chi connectivity index (χ2n) is 2.82. The summed E-state index contributed by atoms with van der Waals surface area (Å²) >= 11 is 0. The second kappa shape index (κ2) is 5.32. The highest BCUT2D eigenvalue weighted by Crippen LogP contribution is 2.05. The number of hydrogen-bond acceptors (Lipinski definition) is 3. The molecule has 1 amide bonds. The summed E-state index contributed by atoms with van der Waals surface area (Å²) in [6, 6.07) is 7.34. The minimum atomic E-state index is -1.10. The molecule has 16 heavy (non-hydrogen) atoms. The van der Waals surface area contributed by atoms with Crippen molar-refractivity contribution in [3.05, 3.63) is 47.7 Å². The summed E-state index contributed by atoms with van der Waals surface area (Å²) in [5, 5.41) is 19.2. The smallest absolute Gasteiger partial charge is 0.335 e. The van der Waals surface area contributed by atoms with Gasteiger partial charge in [0.1, 0.15) is 0 Å². The van der Waals surface area contributed by atoms with Gasteiger partial charge in [0, 0.05) is 17.8 Å². The van der Waals surface area contributed by atoms with Gasteiger partial charge in [-0.05, 0) is 18.2 Å². The molecule has 0 aromatic heterocycles. The Labute approximate surface area is 91.6 Å². The second-order valence-corrected chi connectivity index (χ2v) is 2.82. The van der Waals surface area contributed by atoms with Crippen molar-refractivity contribution in [2.45, 2.75) is 0 Å². The van der Waals surface area contributed by atoms with Gasteiger partial charge in [0.15, 0.2) is 0 Å². The molecule has 0 bridgehead atoms. The van der Waals surface area contributed by atoms with Crippen molar-refractivity contribution in [1.29, 1.82) is 5.26 Å². The lowest BCUT2D eigenvalue weighted by Gasteiger charge is -2.00. The molecular weight excluding hydrogens is 208 g/mol. The number of carbonyl (C=O) groups is 2. The number of carbonyl (C=O) groups excluding carboxylic acids is 1. The van der Waals surface area contributed by atoms with Crippen LogP contribution in [0.4, 0.5) is 0 Å². The van der Waals surface area contributed by atoms with E-state index in [1.165, 1.54) is 30.5 Å². The quantitative estimate of drug-likeness (QED) is 0.741. The van der Waals surface area contributed by atoms with Crippen molar-refractivity contribution < 1.29 is 14.7 Å². The first-order chi connectivity index (χ1) is 7.65. The lowest BCUT2D eigenvalue weighted by Crippen LogP contribution is -2.17. The number of rotatable bonds is 3. The number of hydrogen-bond donors (Lipinski definition) is 2. The maximum atomic E-state index is 11.4. The molecule has 0 aliphatic rings. The van der Waals surface area contributed by atoms with Crippen molar-refractivity contribution in [2.75, 3.05) is 0 Å². The van der Waals surface area contributed by atoms with E-state index in [4.69, 9.17) is 10.4 Å². The molecule has 0 fully saturated rings. The van der Waals surface area contributed by atoms with Crippen LogP contribution in [0.25, 0.3) is 0 Å². The zero-order chi connectivity index (χ0) is 12.0. The number of allylic oxidation sites excluding steroid dienone is 1.